The minimum absolute atomic E-state index is 0.0512. The number of morpholine rings is 1. The van der Waals surface area contributed by atoms with E-state index in [4.69, 9.17) is 10.00 Å². The third kappa shape index (κ3) is 3.46. The molecule has 1 aliphatic rings. The van der Waals surface area contributed by atoms with Crippen LogP contribution in [0.25, 0.3) is 0 Å². The number of anilines is 1. The molecule has 1 saturated heterocycles. The van der Waals surface area contributed by atoms with Crippen LogP contribution in [0.2, 0.25) is 0 Å². The van der Waals surface area contributed by atoms with Crippen LogP contribution < -0.4 is 4.90 Å². The molecule has 2 rings (SSSR count). The number of benzene rings is 1. The highest BCUT2D eigenvalue weighted by atomic mass is 16.5. The standard InChI is InChI=1S/C14H17N3O2/c15-7-4-8-17(13-5-2-1-3-6-13)14(18)16-9-11-19-12-10-16/h1-3,5-6H,4,8-12H2. The Bertz CT molecular complexity index is 450. The van der Waals surface area contributed by atoms with Gasteiger partial charge in [-0.05, 0) is 12.1 Å². The molecule has 1 fully saturated rings. The van der Waals surface area contributed by atoms with Crippen LogP contribution >= 0.6 is 0 Å². The van der Waals surface area contributed by atoms with Crippen molar-refractivity contribution in [3.63, 3.8) is 0 Å². The number of ether oxygens (including phenoxy) is 1. The van der Waals surface area contributed by atoms with E-state index in [-0.39, 0.29) is 6.03 Å². The molecule has 0 atom stereocenters. The third-order valence-electron chi connectivity index (χ3n) is 3.03. The van der Waals surface area contributed by atoms with Crippen molar-refractivity contribution < 1.29 is 9.53 Å². The van der Waals surface area contributed by atoms with Crippen LogP contribution in [0.1, 0.15) is 6.42 Å². The number of nitrogens with zero attached hydrogens (tertiary/aromatic N) is 3. The van der Waals surface area contributed by atoms with Crippen LogP contribution in [0.15, 0.2) is 30.3 Å². The van der Waals surface area contributed by atoms with E-state index in [9.17, 15) is 4.79 Å². The van der Waals surface area contributed by atoms with Gasteiger partial charge >= 0.3 is 6.03 Å². The summed E-state index contributed by atoms with van der Waals surface area (Å²) in [7, 11) is 0. The van der Waals surface area contributed by atoms with E-state index in [1.54, 1.807) is 9.80 Å². The van der Waals surface area contributed by atoms with E-state index in [1.165, 1.54) is 0 Å². The molecule has 1 aromatic carbocycles. The van der Waals surface area contributed by atoms with E-state index in [0.717, 1.165) is 5.69 Å². The van der Waals surface area contributed by atoms with Gasteiger partial charge in [-0.15, -0.1) is 0 Å². The second-order valence-electron chi connectivity index (χ2n) is 4.28. The molecule has 0 bridgehead atoms. The third-order valence-corrected chi connectivity index (χ3v) is 3.03. The van der Waals surface area contributed by atoms with Gasteiger partial charge in [-0.25, -0.2) is 4.79 Å². The molecule has 0 aliphatic carbocycles. The van der Waals surface area contributed by atoms with Gasteiger partial charge in [0.2, 0.25) is 0 Å². The summed E-state index contributed by atoms with van der Waals surface area (Å²) in [6, 6.07) is 11.5. The molecular weight excluding hydrogens is 242 g/mol. The van der Waals surface area contributed by atoms with Crippen LogP contribution in [0, 0.1) is 11.3 Å². The molecule has 5 nitrogen and oxygen atoms in total. The Kier molecular flexibility index (Phi) is 4.76. The predicted octanol–water partition coefficient (Wildman–Crippen LogP) is 1.86. The first-order chi connectivity index (χ1) is 9.33. The van der Waals surface area contributed by atoms with Gasteiger partial charge in [0.25, 0.3) is 0 Å². The van der Waals surface area contributed by atoms with Crippen molar-refractivity contribution in [2.75, 3.05) is 37.7 Å². The largest absolute Gasteiger partial charge is 0.378 e. The van der Waals surface area contributed by atoms with Crippen molar-refractivity contribution in [2.45, 2.75) is 6.42 Å². The first-order valence-corrected chi connectivity index (χ1v) is 6.39. The second-order valence-corrected chi connectivity index (χ2v) is 4.28. The quantitative estimate of drug-likeness (QED) is 0.832. The zero-order valence-corrected chi connectivity index (χ0v) is 10.8. The molecule has 0 radical (unpaired) electrons. The lowest BCUT2D eigenvalue weighted by molar-refractivity contribution is 0.0549. The number of carbonyl (C=O) groups excluding carboxylic acids is 1. The molecule has 1 aromatic rings. The van der Waals surface area contributed by atoms with Gasteiger partial charge in [-0.3, -0.25) is 4.90 Å². The van der Waals surface area contributed by atoms with Crippen LogP contribution in [-0.2, 0) is 4.74 Å². The van der Waals surface area contributed by atoms with Crippen LogP contribution in [0.3, 0.4) is 0 Å². The summed E-state index contributed by atoms with van der Waals surface area (Å²) in [6.07, 6.45) is 0.324. The maximum absolute atomic E-state index is 12.5. The predicted molar refractivity (Wildman–Crippen MR) is 71.8 cm³/mol. The summed E-state index contributed by atoms with van der Waals surface area (Å²) in [4.78, 5) is 15.9. The van der Waals surface area contributed by atoms with Gasteiger partial charge in [0.1, 0.15) is 0 Å². The normalized spacial score (nSPS) is 14.8. The SMILES string of the molecule is N#CCCN(C(=O)N1CCOCC1)c1ccccc1. The molecule has 0 aromatic heterocycles. The number of rotatable bonds is 3. The van der Waals surface area contributed by atoms with Crippen molar-refractivity contribution in [1.29, 1.82) is 5.26 Å². The highest BCUT2D eigenvalue weighted by Crippen LogP contribution is 2.16. The fourth-order valence-corrected chi connectivity index (χ4v) is 2.03. The number of urea groups is 1. The van der Waals surface area contributed by atoms with E-state index in [1.807, 2.05) is 30.3 Å². The lowest BCUT2D eigenvalue weighted by Crippen LogP contribution is -2.48. The maximum Gasteiger partial charge on any atom is 0.324 e. The Morgan fingerprint density at radius 1 is 1.32 bits per heavy atom. The van der Waals surface area contributed by atoms with Crippen molar-refractivity contribution in [1.82, 2.24) is 4.90 Å². The summed E-state index contributed by atoms with van der Waals surface area (Å²) in [6.45, 7) is 2.78. The number of nitriles is 1. The summed E-state index contributed by atoms with van der Waals surface area (Å²) in [5.74, 6) is 0. The Labute approximate surface area is 113 Å². The first-order valence-electron chi connectivity index (χ1n) is 6.39. The number of para-hydroxylation sites is 1. The Morgan fingerprint density at radius 2 is 2.00 bits per heavy atom. The second kappa shape index (κ2) is 6.76. The molecule has 0 N–H and O–H groups in total. The first kappa shape index (κ1) is 13.4. The van der Waals surface area contributed by atoms with Gasteiger partial charge in [0, 0.05) is 25.3 Å². The minimum atomic E-state index is -0.0512. The average molecular weight is 259 g/mol. The number of amides is 2. The van der Waals surface area contributed by atoms with Gasteiger partial charge < -0.3 is 9.64 Å². The van der Waals surface area contributed by atoms with E-state index in [2.05, 4.69) is 6.07 Å². The Hall–Kier alpha value is -2.06. The van der Waals surface area contributed by atoms with Gasteiger partial charge in [0.05, 0.1) is 25.7 Å². The number of carbonyl (C=O) groups is 1. The van der Waals surface area contributed by atoms with Crippen molar-refractivity contribution in [3.05, 3.63) is 30.3 Å². The van der Waals surface area contributed by atoms with E-state index in [0.29, 0.717) is 39.3 Å². The highest BCUT2D eigenvalue weighted by molar-refractivity contribution is 5.92. The highest BCUT2D eigenvalue weighted by Gasteiger charge is 2.23. The van der Waals surface area contributed by atoms with Crippen molar-refractivity contribution in [2.24, 2.45) is 0 Å². The Morgan fingerprint density at radius 3 is 2.63 bits per heavy atom. The zero-order chi connectivity index (χ0) is 13.5. The molecule has 0 spiro atoms. The Balaban J connectivity index is 2.12. The number of hydrogen-bond donors (Lipinski definition) is 0. The molecule has 0 unspecified atom stereocenters. The monoisotopic (exact) mass is 259 g/mol. The zero-order valence-electron chi connectivity index (χ0n) is 10.8. The lowest BCUT2D eigenvalue weighted by Gasteiger charge is -2.32. The summed E-state index contributed by atoms with van der Waals surface area (Å²) >= 11 is 0. The molecular formula is C14H17N3O2. The molecule has 100 valence electrons. The molecule has 5 heteroatoms. The fourth-order valence-electron chi connectivity index (χ4n) is 2.03. The molecule has 19 heavy (non-hydrogen) atoms. The average Bonchev–Trinajstić information content (AvgIpc) is 2.49. The molecule has 1 heterocycles. The van der Waals surface area contributed by atoms with E-state index < -0.39 is 0 Å². The van der Waals surface area contributed by atoms with Crippen LogP contribution in [0.5, 0.6) is 0 Å². The summed E-state index contributed by atoms with van der Waals surface area (Å²) < 4.78 is 5.25. The van der Waals surface area contributed by atoms with Gasteiger partial charge in [0.15, 0.2) is 0 Å². The smallest absolute Gasteiger partial charge is 0.324 e. The maximum atomic E-state index is 12.5. The van der Waals surface area contributed by atoms with Crippen molar-refractivity contribution in [3.8, 4) is 6.07 Å². The van der Waals surface area contributed by atoms with Crippen molar-refractivity contribution >= 4 is 11.7 Å². The van der Waals surface area contributed by atoms with Crippen LogP contribution in [0.4, 0.5) is 10.5 Å². The fraction of sp³-hybridized carbons (Fsp3) is 0.429. The number of hydrogen-bond acceptors (Lipinski definition) is 3. The van der Waals surface area contributed by atoms with Gasteiger partial charge in [-0.1, -0.05) is 18.2 Å². The summed E-state index contributed by atoms with van der Waals surface area (Å²) in [5, 5.41) is 8.73. The summed E-state index contributed by atoms with van der Waals surface area (Å²) in [5.41, 5.74) is 0.828. The topological polar surface area (TPSA) is 56.6 Å². The lowest BCUT2D eigenvalue weighted by atomic mass is 10.2. The van der Waals surface area contributed by atoms with E-state index >= 15 is 0 Å². The minimum Gasteiger partial charge on any atom is -0.378 e. The molecule has 2 amide bonds. The molecule has 1 aliphatic heterocycles. The van der Waals surface area contributed by atoms with Crippen LogP contribution in [-0.4, -0.2) is 43.8 Å². The molecule has 0 saturated carbocycles. The van der Waals surface area contributed by atoms with Gasteiger partial charge in [-0.2, -0.15) is 5.26 Å².